The molecule has 178 valence electrons. The second kappa shape index (κ2) is 9.48. The zero-order chi connectivity index (χ0) is 24.4. The predicted octanol–water partition coefficient (Wildman–Crippen LogP) is 4.19. The van der Waals surface area contributed by atoms with E-state index in [-0.39, 0.29) is 23.9 Å². The minimum Gasteiger partial charge on any atom is -0.336 e. The molecule has 0 radical (unpaired) electrons. The third kappa shape index (κ3) is 4.76. The van der Waals surface area contributed by atoms with Gasteiger partial charge in [-0.05, 0) is 48.9 Å². The monoisotopic (exact) mass is 486 g/mol. The molecule has 5 rings (SSSR count). The van der Waals surface area contributed by atoms with Gasteiger partial charge in [0.25, 0.3) is 5.91 Å². The maximum Gasteiger partial charge on any atom is 0.253 e. The normalized spacial score (nSPS) is 15.2. The van der Waals surface area contributed by atoms with Crippen LogP contribution in [-0.4, -0.2) is 59.9 Å². The maximum atomic E-state index is 13.0. The molecule has 7 nitrogen and oxygen atoms in total. The molecule has 1 saturated heterocycles. The summed E-state index contributed by atoms with van der Waals surface area (Å²) in [5.41, 5.74) is 4.40. The van der Waals surface area contributed by atoms with Gasteiger partial charge in [-0.1, -0.05) is 54.1 Å². The zero-order valence-corrected chi connectivity index (χ0v) is 20.2. The Balaban J connectivity index is 1.21. The van der Waals surface area contributed by atoms with Crippen LogP contribution in [0.5, 0.6) is 0 Å². The molecule has 0 spiro atoms. The molecule has 0 atom stereocenters. The van der Waals surface area contributed by atoms with Crippen molar-refractivity contribution >= 4 is 39.0 Å². The quantitative estimate of drug-likeness (QED) is 0.458. The van der Waals surface area contributed by atoms with Gasteiger partial charge in [-0.2, -0.15) is 9.40 Å². The number of aromatic nitrogens is 2. The molecule has 1 aromatic heterocycles. The Hall–Kier alpha value is -3.75. The van der Waals surface area contributed by atoms with Gasteiger partial charge in [0.2, 0.25) is 10.0 Å². The van der Waals surface area contributed by atoms with Crippen molar-refractivity contribution in [1.82, 2.24) is 19.4 Å². The number of aryl methyl sites for hydroxylation is 1. The molecule has 2 heterocycles. The van der Waals surface area contributed by atoms with Crippen LogP contribution < -0.4 is 0 Å². The first-order valence-electron chi connectivity index (χ1n) is 11.5. The number of carbonyl (C=O) groups is 1. The van der Waals surface area contributed by atoms with Crippen molar-refractivity contribution in [1.29, 1.82) is 0 Å². The summed E-state index contributed by atoms with van der Waals surface area (Å²) >= 11 is 0. The minimum atomic E-state index is -3.56. The van der Waals surface area contributed by atoms with Crippen LogP contribution in [0.2, 0.25) is 0 Å². The third-order valence-electron chi connectivity index (χ3n) is 6.28. The lowest BCUT2D eigenvalue weighted by Gasteiger charge is -2.34. The van der Waals surface area contributed by atoms with Gasteiger partial charge < -0.3 is 4.90 Å². The van der Waals surface area contributed by atoms with Crippen molar-refractivity contribution in [2.75, 3.05) is 26.2 Å². The highest BCUT2D eigenvalue weighted by atomic mass is 32.2. The first-order chi connectivity index (χ1) is 16.9. The Morgan fingerprint density at radius 3 is 2.29 bits per heavy atom. The number of hydrogen-bond acceptors (Lipinski definition) is 4. The predicted molar refractivity (Wildman–Crippen MR) is 137 cm³/mol. The van der Waals surface area contributed by atoms with E-state index in [9.17, 15) is 13.2 Å². The largest absolute Gasteiger partial charge is 0.336 e. The first kappa shape index (κ1) is 23.0. The van der Waals surface area contributed by atoms with Crippen LogP contribution >= 0.6 is 0 Å². The molecule has 0 aliphatic carbocycles. The topological polar surface area (TPSA) is 86.4 Å². The van der Waals surface area contributed by atoms with Crippen LogP contribution in [-0.2, 0) is 10.0 Å². The van der Waals surface area contributed by atoms with Gasteiger partial charge in [-0.25, -0.2) is 8.42 Å². The number of carbonyl (C=O) groups excluding carboxylic acids is 1. The van der Waals surface area contributed by atoms with Gasteiger partial charge in [0.05, 0.1) is 16.1 Å². The number of benzene rings is 3. The molecule has 1 aliphatic rings. The summed E-state index contributed by atoms with van der Waals surface area (Å²) in [7, 11) is -3.56. The molecule has 0 saturated carbocycles. The van der Waals surface area contributed by atoms with E-state index in [4.69, 9.17) is 0 Å². The average molecular weight is 487 g/mol. The highest BCUT2D eigenvalue weighted by Gasteiger charge is 2.30. The van der Waals surface area contributed by atoms with Crippen molar-refractivity contribution in [2.45, 2.75) is 11.8 Å². The molecule has 1 aliphatic heterocycles. The van der Waals surface area contributed by atoms with Crippen LogP contribution in [0.25, 0.3) is 23.1 Å². The minimum absolute atomic E-state index is 0.0915. The number of amides is 1. The lowest BCUT2D eigenvalue weighted by Crippen LogP contribution is -2.50. The molecule has 1 fully saturated rings. The molecule has 3 aromatic carbocycles. The summed E-state index contributed by atoms with van der Waals surface area (Å²) in [6.45, 7) is 3.20. The number of nitrogens with one attached hydrogen (secondary N) is 1. The van der Waals surface area contributed by atoms with Gasteiger partial charge >= 0.3 is 0 Å². The highest BCUT2D eigenvalue weighted by Crippen LogP contribution is 2.20. The Morgan fingerprint density at radius 1 is 0.886 bits per heavy atom. The maximum absolute atomic E-state index is 13.0. The Morgan fingerprint density at radius 2 is 1.57 bits per heavy atom. The summed E-state index contributed by atoms with van der Waals surface area (Å²) in [5, 5.41) is 8.42. The van der Waals surface area contributed by atoms with Crippen LogP contribution in [0.15, 0.2) is 77.7 Å². The third-order valence-corrected chi connectivity index (χ3v) is 8.19. The van der Waals surface area contributed by atoms with E-state index >= 15 is 0 Å². The van der Waals surface area contributed by atoms with Gasteiger partial charge in [-0.15, -0.1) is 0 Å². The number of para-hydroxylation sites is 1. The van der Waals surface area contributed by atoms with Crippen molar-refractivity contribution < 1.29 is 13.2 Å². The van der Waals surface area contributed by atoms with Crippen LogP contribution in [0.1, 0.15) is 27.2 Å². The first-order valence-corrected chi connectivity index (χ1v) is 12.9. The number of hydrogen-bond donors (Lipinski definition) is 1. The lowest BCUT2D eigenvalue weighted by atomic mass is 10.1. The molecular weight excluding hydrogens is 460 g/mol. The molecule has 1 N–H and O–H groups in total. The van der Waals surface area contributed by atoms with E-state index in [1.165, 1.54) is 4.31 Å². The fourth-order valence-corrected chi connectivity index (χ4v) is 5.62. The van der Waals surface area contributed by atoms with Gasteiger partial charge in [0.15, 0.2) is 0 Å². The molecule has 35 heavy (non-hydrogen) atoms. The van der Waals surface area contributed by atoms with E-state index in [1.54, 1.807) is 41.3 Å². The number of sulfonamides is 1. The number of piperazine rings is 1. The summed E-state index contributed by atoms with van der Waals surface area (Å²) in [5.74, 6) is -0.0915. The van der Waals surface area contributed by atoms with Crippen LogP contribution in [0.4, 0.5) is 0 Å². The van der Waals surface area contributed by atoms with E-state index in [0.717, 1.165) is 27.7 Å². The van der Waals surface area contributed by atoms with Crippen LogP contribution in [0, 0.1) is 6.92 Å². The number of aromatic amines is 1. The summed E-state index contributed by atoms with van der Waals surface area (Å²) in [6.07, 6.45) is 3.91. The highest BCUT2D eigenvalue weighted by molar-refractivity contribution is 7.89. The zero-order valence-electron chi connectivity index (χ0n) is 19.4. The smallest absolute Gasteiger partial charge is 0.253 e. The van der Waals surface area contributed by atoms with Crippen molar-refractivity contribution in [2.24, 2.45) is 0 Å². The second-order valence-electron chi connectivity index (χ2n) is 8.62. The van der Waals surface area contributed by atoms with E-state index in [1.807, 2.05) is 55.5 Å². The van der Waals surface area contributed by atoms with E-state index < -0.39 is 10.0 Å². The standard InChI is InChI=1S/C27H26N4O3S/c1-20-6-13-23(14-7-20)35(33,34)31-18-16-30(17-19-31)27(32)22-11-8-21(9-12-22)10-15-26-24-4-2-3-5-25(24)28-29-26/h2-15H,16-19H2,1H3,(H,28,29)/b15-10+. The molecule has 0 bridgehead atoms. The van der Waals surface area contributed by atoms with E-state index in [2.05, 4.69) is 10.2 Å². The molecular formula is C27H26N4O3S. The van der Waals surface area contributed by atoms with Gasteiger partial charge in [0.1, 0.15) is 0 Å². The summed E-state index contributed by atoms with van der Waals surface area (Å²) in [6, 6.07) is 22.2. The number of nitrogens with zero attached hydrogens (tertiary/aromatic N) is 3. The fraction of sp³-hybridized carbons (Fsp3) is 0.185. The Kier molecular flexibility index (Phi) is 6.23. The number of H-pyrrole nitrogens is 1. The van der Waals surface area contributed by atoms with Crippen molar-refractivity contribution in [3.8, 4) is 0 Å². The average Bonchev–Trinajstić information content (AvgIpc) is 3.31. The summed E-state index contributed by atoms with van der Waals surface area (Å²) < 4.78 is 27.3. The van der Waals surface area contributed by atoms with Crippen LogP contribution in [0.3, 0.4) is 0 Å². The fourth-order valence-electron chi connectivity index (χ4n) is 4.20. The second-order valence-corrected chi connectivity index (χ2v) is 10.6. The molecule has 1 amide bonds. The molecule has 0 unspecified atom stereocenters. The lowest BCUT2D eigenvalue weighted by molar-refractivity contribution is 0.0698. The van der Waals surface area contributed by atoms with Crippen molar-refractivity contribution in [3.63, 3.8) is 0 Å². The van der Waals surface area contributed by atoms with E-state index in [0.29, 0.717) is 18.7 Å². The van der Waals surface area contributed by atoms with Crippen molar-refractivity contribution in [3.05, 3.63) is 95.2 Å². The Bertz CT molecular complexity index is 1480. The Labute approximate surface area is 204 Å². The molecule has 4 aromatic rings. The van der Waals surface area contributed by atoms with Gasteiger partial charge in [0, 0.05) is 37.1 Å². The molecule has 8 heteroatoms. The van der Waals surface area contributed by atoms with Gasteiger partial charge in [-0.3, -0.25) is 9.89 Å². The summed E-state index contributed by atoms with van der Waals surface area (Å²) in [4.78, 5) is 15.0. The SMILES string of the molecule is Cc1ccc(S(=O)(=O)N2CCN(C(=O)c3ccc(/C=C/c4n[nH]c5ccccc45)cc3)CC2)cc1. The number of rotatable bonds is 5. The number of fused-ring (bicyclic) bond motifs is 1.